The van der Waals surface area contributed by atoms with Crippen LogP contribution in [0.4, 0.5) is 5.69 Å². The molecule has 2 N–H and O–H groups in total. The third-order valence-corrected chi connectivity index (χ3v) is 5.17. The van der Waals surface area contributed by atoms with Crippen LogP contribution >= 0.6 is 0 Å². The summed E-state index contributed by atoms with van der Waals surface area (Å²) >= 11 is 0. The quantitative estimate of drug-likeness (QED) is 0.596. The molecular weight excluding hydrogens is 352 g/mol. The summed E-state index contributed by atoms with van der Waals surface area (Å²) in [4.78, 5) is 7.19. The number of nitrogens with one attached hydrogen (secondary N) is 2. The lowest BCUT2D eigenvalue weighted by atomic mass is 10.1. The molecule has 0 radical (unpaired) electrons. The van der Waals surface area contributed by atoms with E-state index in [1.807, 2.05) is 18.2 Å². The van der Waals surface area contributed by atoms with Gasteiger partial charge in [-0.15, -0.1) is 0 Å². The van der Waals surface area contributed by atoms with E-state index in [-0.39, 0.29) is 0 Å². The first-order chi connectivity index (χ1) is 13.8. The molecule has 2 aliphatic heterocycles. The Kier molecular flexibility index (Phi) is 5.85. The van der Waals surface area contributed by atoms with Crippen molar-refractivity contribution in [2.75, 3.05) is 37.9 Å². The smallest absolute Gasteiger partial charge is 0.231 e. The van der Waals surface area contributed by atoms with Gasteiger partial charge < -0.3 is 25.0 Å². The molecular formula is C22H28N4O2. The van der Waals surface area contributed by atoms with Crippen molar-refractivity contribution in [2.45, 2.75) is 19.9 Å². The van der Waals surface area contributed by atoms with Gasteiger partial charge in [-0.1, -0.05) is 24.3 Å². The molecule has 0 saturated carbocycles. The fraction of sp³-hybridized carbons (Fsp3) is 0.409. The van der Waals surface area contributed by atoms with E-state index in [9.17, 15) is 0 Å². The molecule has 0 aliphatic carbocycles. The van der Waals surface area contributed by atoms with E-state index in [0.717, 1.165) is 49.2 Å². The Morgan fingerprint density at radius 2 is 1.96 bits per heavy atom. The van der Waals surface area contributed by atoms with Gasteiger partial charge in [0.2, 0.25) is 6.79 Å². The zero-order valence-corrected chi connectivity index (χ0v) is 16.4. The number of fused-ring (bicyclic) bond motifs is 1. The van der Waals surface area contributed by atoms with Crippen molar-refractivity contribution in [1.29, 1.82) is 0 Å². The van der Waals surface area contributed by atoms with Gasteiger partial charge in [-0.25, -0.2) is 4.99 Å². The minimum Gasteiger partial charge on any atom is -0.454 e. The summed E-state index contributed by atoms with van der Waals surface area (Å²) in [6, 6.07) is 16.6. The topological polar surface area (TPSA) is 58.1 Å². The van der Waals surface area contributed by atoms with Gasteiger partial charge in [-0.2, -0.15) is 0 Å². The molecule has 0 amide bonds. The second-order valence-corrected chi connectivity index (χ2v) is 7.20. The third-order valence-electron chi connectivity index (χ3n) is 5.17. The summed E-state index contributed by atoms with van der Waals surface area (Å²) < 4.78 is 10.8. The summed E-state index contributed by atoms with van der Waals surface area (Å²) in [5, 5.41) is 6.85. The summed E-state index contributed by atoms with van der Waals surface area (Å²) in [5.41, 5.74) is 2.42. The number of aliphatic imine (C=N–C) groups is 1. The number of hydrogen-bond donors (Lipinski definition) is 2. The van der Waals surface area contributed by atoms with Crippen molar-refractivity contribution in [3.05, 3.63) is 54.1 Å². The van der Waals surface area contributed by atoms with Gasteiger partial charge in [-0.05, 0) is 49.1 Å². The molecule has 1 atom stereocenters. The van der Waals surface area contributed by atoms with Crippen molar-refractivity contribution in [2.24, 2.45) is 10.9 Å². The highest BCUT2D eigenvalue weighted by molar-refractivity contribution is 5.79. The van der Waals surface area contributed by atoms with Gasteiger partial charge in [0.1, 0.15) is 0 Å². The highest BCUT2D eigenvalue weighted by Gasteiger charge is 2.22. The molecule has 6 nitrogen and oxygen atoms in total. The molecule has 0 bridgehead atoms. The first-order valence-electron chi connectivity index (χ1n) is 10.0. The van der Waals surface area contributed by atoms with E-state index in [1.165, 1.54) is 12.1 Å². The Morgan fingerprint density at radius 3 is 2.82 bits per heavy atom. The fourth-order valence-corrected chi connectivity index (χ4v) is 3.66. The lowest BCUT2D eigenvalue weighted by molar-refractivity contribution is 0.174. The molecule has 148 valence electrons. The molecule has 4 rings (SSSR count). The maximum absolute atomic E-state index is 5.45. The molecule has 0 aromatic heterocycles. The molecule has 2 aromatic rings. The number of hydrogen-bond acceptors (Lipinski definition) is 4. The average Bonchev–Trinajstić information content (AvgIpc) is 3.40. The Labute approximate surface area is 166 Å². The minimum atomic E-state index is 0.299. The van der Waals surface area contributed by atoms with Crippen LogP contribution in [0.15, 0.2) is 53.5 Å². The monoisotopic (exact) mass is 380 g/mol. The minimum absolute atomic E-state index is 0.299. The lowest BCUT2D eigenvalue weighted by Crippen LogP contribution is -2.40. The first kappa shape index (κ1) is 18.5. The van der Waals surface area contributed by atoms with Gasteiger partial charge in [0.25, 0.3) is 0 Å². The van der Waals surface area contributed by atoms with Crippen molar-refractivity contribution < 1.29 is 9.47 Å². The normalized spacial score (nSPS) is 18.4. The molecule has 1 unspecified atom stereocenters. The standard InChI is InChI=1S/C22H28N4O2/c1-2-23-22(24-13-17-8-9-20-21(12-17)28-16-27-20)25-14-18-10-11-26(15-18)19-6-4-3-5-7-19/h3-9,12,18H,2,10-11,13-16H2,1H3,(H2,23,24,25). The van der Waals surface area contributed by atoms with Gasteiger partial charge in [0.15, 0.2) is 17.5 Å². The van der Waals surface area contributed by atoms with E-state index in [2.05, 4.69) is 52.8 Å². The van der Waals surface area contributed by atoms with Crippen LogP contribution in [0, 0.1) is 5.92 Å². The molecule has 1 saturated heterocycles. The molecule has 6 heteroatoms. The second-order valence-electron chi connectivity index (χ2n) is 7.20. The Morgan fingerprint density at radius 1 is 1.11 bits per heavy atom. The number of ether oxygens (including phenoxy) is 2. The number of anilines is 1. The van der Waals surface area contributed by atoms with Gasteiger partial charge in [-0.3, -0.25) is 0 Å². The van der Waals surface area contributed by atoms with Crippen LogP contribution in [0.1, 0.15) is 18.9 Å². The summed E-state index contributed by atoms with van der Waals surface area (Å²) in [5.74, 6) is 3.09. The zero-order chi connectivity index (χ0) is 19.2. The molecule has 2 aliphatic rings. The molecule has 0 spiro atoms. The zero-order valence-electron chi connectivity index (χ0n) is 16.4. The molecule has 28 heavy (non-hydrogen) atoms. The van der Waals surface area contributed by atoms with Crippen LogP contribution in [0.25, 0.3) is 0 Å². The predicted molar refractivity (Wildman–Crippen MR) is 112 cm³/mol. The fourth-order valence-electron chi connectivity index (χ4n) is 3.66. The predicted octanol–water partition coefficient (Wildman–Crippen LogP) is 3.00. The van der Waals surface area contributed by atoms with Crippen LogP contribution in [0.2, 0.25) is 0 Å². The third kappa shape index (κ3) is 4.50. The Bertz CT molecular complexity index is 809. The molecule has 1 fully saturated rings. The largest absolute Gasteiger partial charge is 0.454 e. The van der Waals surface area contributed by atoms with E-state index < -0.39 is 0 Å². The summed E-state index contributed by atoms with van der Waals surface area (Å²) in [7, 11) is 0. The first-order valence-corrected chi connectivity index (χ1v) is 10.0. The lowest BCUT2D eigenvalue weighted by Gasteiger charge is -2.19. The maximum atomic E-state index is 5.45. The SMILES string of the molecule is CCNC(=NCc1ccc2c(c1)OCO2)NCC1CCN(c2ccccc2)C1. The van der Waals surface area contributed by atoms with Crippen LogP contribution in [-0.4, -0.2) is 38.9 Å². The van der Waals surface area contributed by atoms with Crippen LogP contribution in [0.5, 0.6) is 11.5 Å². The van der Waals surface area contributed by atoms with E-state index in [0.29, 0.717) is 19.3 Å². The maximum Gasteiger partial charge on any atom is 0.231 e. The van der Waals surface area contributed by atoms with E-state index >= 15 is 0 Å². The highest BCUT2D eigenvalue weighted by atomic mass is 16.7. The highest BCUT2D eigenvalue weighted by Crippen LogP contribution is 2.32. The number of rotatable bonds is 6. The van der Waals surface area contributed by atoms with Crippen LogP contribution in [0.3, 0.4) is 0 Å². The van der Waals surface area contributed by atoms with Gasteiger partial charge in [0.05, 0.1) is 6.54 Å². The Balaban J connectivity index is 1.30. The number of benzene rings is 2. The van der Waals surface area contributed by atoms with Crippen molar-refractivity contribution >= 4 is 11.6 Å². The van der Waals surface area contributed by atoms with Crippen molar-refractivity contribution in [1.82, 2.24) is 10.6 Å². The molecule has 2 heterocycles. The Hall–Kier alpha value is -2.89. The van der Waals surface area contributed by atoms with Crippen molar-refractivity contribution in [3.63, 3.8) is 0 Å². The summed E-state index contributed by atoms with van der Waals surface area (Å²) in [6.07, 6.45) is 1.20. The van der Waals surface area contributed by atoms with Crippen molar-refractivity contribution in [3.8, 4) is 11.5 Å². The van der Waals surface area contributed by atoms with E-state index in [1.54, 1.807) is 0 Å². The van der Waals surface area contributed by atoms with Crippen LogP contribution in [-0.2, 0) is 6.54 Å². The number of guanidine groups is 1. The van der Waals surface area contributed by atoms with E-state index in [4.69, 9.17) is 14.5 Å². The molecule has 2 aromatic carbocycles. The number of para-hydroxylation sites is 1. The average molecular weight is 380 g/mol. The van der Waals surface area contributed by atoms with Crippen LogP contribution < -0.4 is 25.0 Å². The van der Waals surface area contributed by atoms with Gasteiger partial charge in [0, 0.05) is 31.9 Å². The van der Waals surface area contributed by atoms with Gasteiger partial charge >= 0.3 is 0 Å². The second kappa shape index (κ2) is 8.87. The number of nitrogens with zero attached hydrogens (tertiary/aromatic N) is 2. The summed E-state index contributed by atoms with van der Waals surface area (Å²) in [6.45, 7) is 6.95.